The first kappa shape index (κ1) is 23.6. The Morgan fingerprint density at radius 1 is 1.13 bits per heavy atom. The molecule has 0 amide bonds. The van der Waals surface area contributed by atoms with Gasteiger partial charge in [-0.2, -0.15) is 5.10 Å². The van der Waals surface area contributed by atoms with Gasteiger partial charge in [0.1, 0.15) is 17.7 Å². The zero-order chi connectivity index (χ0) is 27.1. The number of aliphatic hydroxyl groups excluding tert-OH is 1. The van der Waals surface area contributed by atoms with Gasteiger partial charge in [0.25, 0.3) is 0 Å². The number of imidazole rings is 1. The molecule has 2 aliphatic heterocycles. The summed E-state index contributed by atoms with van der Waals surface area (Å²) >= 11 is 0. The molecule has 1 aromatic carbocycles. The highest BCUT2D eigenvalue weighted by Crippen LogP contribution is 2.45. The smallest absolute Gasteiger partial charge is 0.154 e. The Kier molecular flexibility index (Phi) is 4.99. The van der Waals surface area contributed by atoms with Crippen LogP contribution in [0.5, 0.6) is 0 Å². The number of aromatic nitrogens is 6. The number of fused-ring (bicyclic) bond motifs is 4. The van der Waals surface area contributed by atoms with Crippen molar-refractivity contribution in [3.8, 4) is 11.1 Å². The number of hydrogen-bond acceptors (Lipinski definition) is 8. The number of rotatable bonds is 3. The second kappa shape index (κ2) is 8.24. The van der Waals surface area contributed by atoms with Gasteiger partial charge in [-0.05, 0) is 43.9 Å². The molecular weight excluding hydrogens is 497 g/mol. The van der Waals surface area contributed by atoms with Crippen molar-refractivity contribution >= 4 is 33.8 Å². The molecule has 4 aromatic heterocycles. The quantitative estimate of drug-likeness (QED) is 0.256. The standard InChI is InChI=1S/C28H28FN9O/c1-14-18(11-33-26-25(14)35-28(2,3)27(26)39)17-8-15-9-20(32-12-19(15)24(30)23(17)29)34-21-10-16-4-6-37-7-5-31-22(37)13-38(16)36-21/h5,7-12,27,35,39H,4,6,13,30H2,1-3H3,(H,32,34,36)/t27-/m0/s1. The Bertz CT molecular complexity index is 1790. The van der Waals surface area contributed by atoms with Crippen LogP contribution in [0.1, 0.15) is 42.7 Å². The maximum atomic E-state index is 15.6. The minimum atomic E-state index is -0.758. The van der Waals surface area contributed by atoms with E-state index < -0.39 is 17.5 Å². The normalized spacial score (nSPS) is 17.3. The summed E-state index contributed by atoms with van der Waals surface area (Å²) in [7, 11) is 0. The first-order valence-corrected chi connectivity index (χ1v) is 12.9. The van der Waals surface area contributed by atoms with Crippen LogP contribution in [0.15, 0.2) is 43.0 Å². The number of halogens is 1. The second-order valence-corrected chi connectivity index (χ2v) is 10.8. The van der Waals surface area contributed by atoms with E-state index in [1.165, 1.54) is 0 Å². The number of hydrogen-bond donors (Lipinski definition) is 4. The lowest BCUT2D eigenvalue weighted by atomic mass is 9.96. The number of nitrogens with two attached hydrogens (primary N) is 1. The Morgan fingerprint density at radius 3 is 2.82 bits per heavy atom. The van der Waals surface area contributed by atoms with E-state index >= 15 is 4.39 Å². The van der Waals surface area contributed by atoms with Gasteiger partial charge in [-0.1, -0.05) is 0 Å². The third-order valence-corrected chi connectivity index (χ3v) is 7.87. The van der Waals surface area contributed by atoms with Crippen LogP contribution >= 0.6 is 0 Å². The topological polar surface area (TPSA) is 132 Å². The Morgan fingerprint density at radius 2 is 1.97 bits per heavy atom. The molecule has 0 radical (unpaired) electrons. The van der Waals surface area contributed by atoms with Gasteiger partial charge in [0, 0.05) is 66.0 Å². The average molecular weight is 526 g/mol. The monoisotopic (exact) mass is 525 g/mol. The van der Waals surface area contributed by atoms with Crippen LogP contribution in [0.25, 0.3) is 21.9 Å². The van der Waals surface area contributed by atoms with Crippen molar-refractivity contribution in [2.75, 3.05) is 16.4 Å². The van der Waals surface area contributed by atoms with Crippen LogP contribution in [0, 0.1) is 12.7 Å². The zero-order valence-electron chi connectivity index (χ0n) is 21.8. The van der Waals surface area contributed by atoms with Crippen LogP contribution in [-0.4, -0.2) is 39.9 Å². The first-order chi connectivity index (χ1) is 18.7. The highest BCUT2D eigenvalue weighted by Gasteiger charge is 2.40. The van der Waals surface area contributed by atoms with E-state index in [9.17, 15) is 5.11 Å². The third kappa shape index (κ3) is 3.64. The van der Waals surface area contributed by atoms with Crippen LogP contribution in [-0.2, 0) is 19.5 Å². The fraction of sp³-hybridized carbons (Fsp3) is 0.286. The summed E-state index contributed by atoms with van der Waals surface area (Å²) in [5.74, 6) is 1.70. The molecule has 2 aliphatic rings. The van der Waals surface area contributed by atoms with Crippen molar-refractivity contribution in [1.29, 1.82) is 0 Å². The van der Waals surface area contributed by atoms with Gasteiger partial charge in [-0.3, -0.25) is 9.67 Å². The van der Waals surface area contributed by atoms with Crippen molar-refractivity contribution in [2.24, 2.45) is 0 Å². The number of anilines is 4. The number of aliphatic hydroxyl groups is 1. The number of nitrogens with one attached hydrogen (secondary N) is 2. The summed E-state index contributed by atoms with van der Waals surface area (Å²) in [4.78, 5) is 13.4. The minimum Gasteiger partial charge on any atom is -0.396 e. The highest BCUT2D eigenvalue weighted by atomic mass is 19.1. The van der Waals surface area contributed by atoms with E-state index in [4.69, 9.17) is 10.8 Å². The van der Waals surface area contributed by atoms with E-state index in [2.05, 4.69) is 30.2 Å². The SMILES string of the molecule is Cc1c(-c2cc3cc(Nc4cc5n(n4)Cc4nccn4CC5)ncc3c(N)c2F)cnc2c1NC(C)(C)[C@H]2O. The number of nitrogens with zero attached hydrogens (tertiary/aromatic N) is 6. The minimum absolute atomic E-state index is 0.0268. The van der Waals surface area contributed by atoms with Gasteiger partial charge in [-0.15, -0.1) is 0 Å². The van der Waals surface area contributed by atoms with E-state index in [0.29, 0.717) is 40.4 Å². The van der Waals surface area contributed by atoms with Crippen LogP contribution < -0.4 is 16.4 Å². The molecule has 0 fully saturated rings. The molecule has 0 saturated heterocycles. The molecule has 0 unspecified atom stereocenters. The Labute approximate surface area is 223 Å². The molecule has 6 heterocycles. The maximum absolute atomic E-state index is 15.6. The van der Waals surface area contributed by atoms with Crippen molar-refractivity contribution < 1.29 is 9.50 Å². The van der Waals surface area contributed by atoms with Gasteiger partial charge >= 0.3 is 0 Å². The van der Waals surface area contributed by atoms with E-state index in [-0.39, 0.29) is 5.69 Å². The van der Waals surface area contributed by atoms with Crippen molar-refractivity contribution in [3.63, 3.8) is 0 Å². The summed E-state index contributed by atoms with van der Waals surface area (Å²) in [5.41, 5.74) is 9.87. The highest BCUT2D eigenvalue weighted by molar-refractivity contribution is 5.98. The molecule has 39 heavy (non-hydrogen) atoms. The number of pyridine rings is 2. The van der Waals surface area contributed by atoms with E-state index in [1.807, 2.05) is 50.0 Å². The summed E-state index contributed by atoms with van der Waals surface area (Å²) in [6.45, 7) is 7.16. The largest absolute Gasteiger partial charge is 0.396 e. The molecule has 1 atom stereocenters. The Balaban J connectivity index is 1.25. The van der Waals surface area contributed by atoms with Gasteiger partial charge in [0.15, 0.2) is 11.6 Å². The van der Waals surface area contributed by atoms with Gasteiger partial charge < -0.3 is 26.0 Å². The van der Waals surface area contributed by atoms with Crippen molar-refractivity contribution in [1.82, 2.24) is 29.3 Å². The maximum Gasteiger partial charge on any atom is 0.154 e. The van der Waals surface area contributed by atoms with E-state index in [0.717, 1.165) is 41.1 Å². The summed E-state index contributed by atoms with van der Waals surface area (Å²) in [5, 5.41) is 23.2. The third-order valence-electron chi connectivity index (χ3n) is 7.87. The van der Waals surface area contributed by atoms with Crippen LogP contribution in [0.4, 0.5) is 27.4 Å². The molecule has 7 rings (SSSR count). The van der Waals surface area contributed by atoms with Crippen molar-refractivity contribution in [3.05, 3.63) is 71.6 Å². The van der Waals surface area contributed by atoms with Crippen LogP contribution in [0.2, 0.25) is 0 Å². The summed E-state index contributed by atoms with van der Waals surface area (Å²) in [6.07, 6.45) is 7.07. The fourth-order valence-electron chi connectivity index (χ4n) is 5.60. The van der Waals surface area contributed by atoms with E-state index in [1.54, 1.807) is 18.5 Å². The lowest BCUT2D eigenvalue weighted by Gasteiger charge is -2.22. The first-order valence-electron chi connectivity index (χ1n) is 12.9. The van der Waals surface area contributed by atoms with Gasteiger partial charge in [0.2, 0.25) is 0 Å². The lowest BCUT2D eigenvalue weighted by Crippen LogP contribution is -2.32. The molecule has 0 aliphatic carbocycles. The van der Waals surface area contributed by atoms with Gasteiger partial charge in [0.05, 0.1) is 29.2 Å². The number of benzene rings is 1. The van der Waals surface area contributed by atoms with Crippen molar-refractivity contribution in [2.45, 2.75) is 51.9 Å². The molecule has 198 valence electrons. The molecule has 0 saturated carbocycles. The predicted octanol–water partition coefficient (Wildman–Crippen LogP) is 4.31. The Hall–Kier alpha value is -4.51. The number of nitrogen functional groups attached to an aromatic ring is 1. The summed E-state index contributed by atoms with van der Waals surface area (Å²) < 4.78 is 19.7. The lowest BCUT2D eigenvalue weighted by molar-refractivity contribution is 0.123. The molecule has 11 heteroatoms. The molecule has 5 N–H and O–H groups in total. The fourth-order valence-corrected chi connectivity index (χ4v) is 5.60. The summed E-state index contributed by atoms with van der Waals surface area (Å²) in [6, 6.07) is 5.63. The average Bonchev–Trinajstić information content (AvgIpc) is 3.55. The molecule has 5 aromatic rings. The van der Waals surface area contributed by atoms with Crippen LogP contribution in [0.3, 0.4) is 0 Å². The van der Waals surface area contributed by atoms with Gasteiger partial charge in [-0.25, -0.2) is 14.4 Å². The molecular formula is C28H28FN9O. The molecule has 0 bridgehead atoms. The second-order valence-electron chi connectivity index (χ2n) is 10.8. The zero-order valence-corrected chi connectivity index (χ0v) is 21.8. The predicted molar refractivity (Wildman–Crippen MR) is 147 cm³/mol. The number of aryl methyl sites for hydroxylation is 2. The molecule has 0 spiro atoms. The molecule has 10 nitrogen and oxygen atoms in total.